The molecule has 2 N–H and O–H groups in total. The monoisotopic (exact) mass is 295 g/mol. The van der Waals surface area contributed by atoms with Gasteiger partial charge in [0.15, 0.2) is 34.4 Å². The van der Waals surface area contributed by atoms with Gasteiger partial charge in [0, 0.05) is 13.5 Å². The number of nitrogens with one attached hydrogen (secondary N) is 2. The third kappa shape index (κ3) is 2.79. The Hall–Kier alpha value is -2.81. The highest BCUT2D eigenvalue weighted by molar-refractivity contribution is 5.85. The van der Waals surface area contributed by atoms with Gasteiger partial charge in [-0.25, -0.2) is 15.0 Å². The van der Waals surface area contributed by atoms with E-state index in [9.17, 15) is 0 Å². The predicted molar refractivity (Wildman–Crippen MR) is 85.3 cm³/mol. The van der Waals surface area contributed by atoms with Crippen molar-refractivity contribution < 1.29 is 4.42 Å². The van der Waals surface area contributed by atoms with Crippen molar-refractivity contribution in [2.24, 2.45) is 0 Å². The van der Waals surface area contributed by atoms with E-state index in [1.54, 1.807) is 19.4 Å². The minimum absolute atomic E-state index is 0.510. The van der Waals surface area contributed by atoms with Gasteiger partial charge in [0.2, 0.25) is 0 Å². The maximum Gasteiger partial charge on any atom is 0.199 e. The maximum absolute atomic E-state index is 5.35. The molecule has 0 amide bonds. The first-order valence-corrected chi connectivity index (χ1v) is 7.30. The summed E-state index contributed by atoms with van der Waals surface area (Å²) in [5, 5.41) is 3.04. The first kappa shape index (κ1) is 14.1. The number of hydrogen-bond donors (Lipinski definition) is 2. The third-order valence-corrected chi connectivity index (χ3v) is 3.18. The van der Waals surface area contributed by atoms with Crippen molar-refractivity contribution in [2.45, 2.75) is 26.2 Å². The molecule has 0 spiro atoms. The SMILES string of the molecule is CCCCC#Cc1nc2c(NC)nc(-c3ccco3)nc2[nH]1. The number of aromatic amines is 1. The van der Waals surface area contributed by atoms with Crippen molar-refractivity contribution in [2.75, 3.05) is 12.4 Å². The summed E-state index contributed by atoms with van der Waals surface area (Å²) in [6, 6.07) is 3.63. The summed E-state index contributed by atoms with van der Waals surface area (Å²) < 4.78 is 5.35. The summed E-state index contributed by atoms with van der Waals surface area (Å²) in [7, 11) is 1.80. The Morgan fingerprint density at radius 1 is 1.32 bits per heavy atom. The zero-order valence-electron chi connectivity index (χ0n) is 12.6. The summed E-state index contributed by atoms with van der Waals surface area (Å²) in [5.41, 5.74) is 1.32. The number of H-pyrrole nitrogens is 1. The van der Waals surface area contributed by atoms with Gasteiger partial charge in [0.05, 0.1) is 6.26 Å². The molecule has 0 aliphatic heterocycles. The van der Waals surface area contributed by atoms with Gasteiger partial charge in [-0.3, -0.25) is 0 Å². The number of imidazole rings is 1. The molecule has 0 aromatic carbocycles. The molecule has 0 saturated heterocycles. The van der Waals surface area contributed by atoms with Crippen LogP contribution in [0.3, 0.4) is 0 Å². The highest BCUT2D eigenvalue weighted by Gasteiger charge is 2.13. The average Bonchev–Trinajstić information content (AvgIpc) is 3.19. The van der Waals surface area contributed by atoms with Crippen LogP contribution in [0.5, 0.6) is 0 Å². The van der Waals surface area contributed by atoms with Gasteiger partial charge in [-0.15, -0.1) is 0 Å². The molecule has 3 aromatic heterocycles. The number of aromatic nitrogens is 4. The van der Waals surface area contributed by atoms with Crippen molar-refractivity contribution in [1.82, 2.24) is 19.9 Å². The Labute approximate surface area is 128 Å². The largest absolute Gasteiger partial charge is 0.461 e. The maximum atomic E-state index is 5.35. The van der Waals surface area contributed by atoms with E-state index in [1.807, 2.05) is 6.07 Å². The molecular formula is C16H17N5O. The zero-order chi connectivity index (χ0) is 15.4. The van der Waals surface area contributed by atoms with E-state index in [1.165, 1.54) is 0 Å². The van der Waals surface area contributed by atoms with Gasteiger partial charge in [-0.2, -0.15) is 0 Å². The van der Waals surface area contributed by atoms with Crippen molar-refractivity contribution in [3.05, 3.63) is 24.2 Å². The fourth-order valence-corrected chi connectivity index (χ4v) is 2.06. The van der Waals surface area contributed by atoms with Gasteiger partial charge in [0.1, 0.15) is 0 Å². The molecule has 0 aliphatic rings. The lowest BCUT2D eigenvalue weighted by Crippen LogP contribution is -1.97. The molecule has 0 saturated carbocycles. The third-order valence-electron chi connectivity index (χ3n) is 3.18. The van der Waals surface area contributed by atoms with Gasteiger partial charge >= 0.3 is 0 Å². The van der Waals surface area contributed by atoms with Crippen LogP contribution in [0, 0.1) is 11.8 Å². The van der Waals surface area contributed by atoms with Crippen LogP contribution >= 0.6 is 0 Å². The summed E-state index contributed by atoms with van der Waals surface area (Å²) in [6.07, 6.45) is 4.70. The first-order valence-electron chi connectivity index (χ1n) is 7.30. The number of rotatable bonds is 4. The lowest BCUT2D eigenvalue weighted by Gasteiger charge is -2.01. The minimum atomic E-state index is 0.510. The van der Waals surface area contributed by atoms with Crippen LogP contribution in [0.25, 0.3) is 22.7 Å². The minimum Gasteiger partial charge on any atom is -0.461 e. The van der Waals surface area contributed by atoms with E-state index in [0.717, 1.165) is 19.3 Å². The van der Waals surface area contributed by atoms with E-state index in [-0.39, 0.29) is 0 Å². The Kier molecular flexibility index (Phi) is 4.05. The highest BCUT2D eigenvalue weighted by Crippen LogP contribution is 2.23. The van der Waals surface area contributed by atoms with Crippen molar-refractivity contribution in [1.29, 1.82) is 0 Å². The molecule has 112 valence electrons. The lowest BCUT2D eigenvalue weighted by molar-refractivity contribution is 0.577. The molecule has 3 heterocycles. The van der Waals surface area contributed by atoms with Crippen LogP contribution in [-0.2, 0) is 0 Å². The molecule has 22 heavy (non-hydrogen) atoms. The second kappa shape index (κ2) is 6.31. The summed E-state index contributed by atoms with van der Waals surface area (Å²) in [5.74, 6) is 8.53. The van der Waals surface area contributed by atoms with Gasteiger partial charge in [0.25, 0.3) is 0 Å². The molecule has 0 unspecified atom stereocenters. The van der Waals surface area contributed by atoms with E-state index in [4.69, 9.17) is 4.42 Å². The molecule has 0 atom stereocenters. The van der Waals surface area contributed by atoms with Crippen LogP contribution in [0.15, 0.2) is 22.8 Å². The van der Waals surface area contributed by atoms with Crippen LogP contribution in [-0.4, -0.2) is 27.0 Å². The van der Waals surface area contributed by atoms with Gasteiger partial charge < -0.3 is 14.7 Å². The number of unbranched alkanes of at least 4 members (excludes halogenated alkanes) is 2. The molecular weight excluding hydrogens is 278 g/mol. The number of fused-ring (bicyclic) bond motifs is 1. The van der Waals surface area contributed by atoms with E-state index >= 15 is 0 Å². The van der Waals surface area contributed by atoms with E-state index in [0.29, 0.717) is 34.4 Å². The Balaban J connectivity index is 2.01. The van der Waals surface area contributed by atoms with Crippen LogP contribution in [0.1, 0.15) is 32.0 Å². The zero-order valence-corrected chi connectivity index (χ0v) is 12.6. The predicted octanol–water partition coefficient (Wildman–Crippen LogP) is 3.20. The second-order valence-electron chi connectivity index (χ2n) is 4.81. The molecule has 3 rings (SSSR count). The topological polar surface area (TPSA) is 79.6 Å². The quantitative estimate of drug-likeness (QED) is 0.571. The Morgan fingerprint density at radius 3 is 2.95 bits per heavy atom. The summed E-state index contributed by atoms with van der Waals surface area (Å²) in [6.45, 7) is 2.15. The number of hydrogen-bond acceptors (Lipinski definition) is 5. The number of nitrogens with zero attached hydrogens (tertiary/aromatic N) is 3. The van der Waals surface area contributed by atoms with Crippen molar-refractivity contribution in [3.8, 4) is 23.4 Å². The highest BCUT2D eigenvalue weighted by atomic mass is 16.3. The van der Waals surface area contributed by atoms with E-state index in [2.05, 4.69) is 44.0 Å². The molecule has 6 nitrogen and oxygen atoms in total. The fraction of sp³-hybridized carbons (Fsp3) is 0.312. The molecule has 0 fully saturated rings. The molecule has 3 aromatic rings. The standard InChI is InChI=1S/C16H17N5O/c1-3-4-5-6-9-12-18-13-15(17-2)20-14(21-16(13)19-12)11-8-7-10-22-11/h7-8,10H,3-5H2,1-2H3,(H2,17,18,19,20,21). The lowest BCUT2D eigenvalue weighted by atomic mass is 10.2. The Bertz CT molecular complexity index is 823. The summed E-state index contributed by atoms with van der Waals surface area (Å²) >= 11 is 0. The van der Waals surface area contributed by atoms with Crippen LogP contribution in [0.2, 0.25) is 0 Å². The number of anilines is 1. The first-order chi connectivity index (χ1) is 10.8. The average molecular weight is 295 g/mol. The second-order valence-corrected chi connectivity index (χ2v) is 4.81. The van der Waals surface area contributed by atoms with Gasteiger partial charge in [-0.1, -0.05) is 19.3 Å². The molecule has 6 heteroatoms. The van der Waals surface area contributed by atoms with Crippen LogP contribution in [0.4, 0.5) is 5.82 Å². The Morgan fingerprint density at radius 2 is 2.23 bits per heavy atom. The molecule has 0 aliphatic carbocycles. The number of furan rings is 1. The summed E-state index contributed by atoms with van der Waals surface area (Å²) in [4.78, 5) is 16.5. The normalized spacial score (nSPS) is 10.5. The van der Waals surface area contributed by atoms with Crippen LogP contribution < -0.4 is 5.32 Å². The smallest absolute Gasteiger partial charge is 0.199 e. The van der Waals surface area contributed by atoms with Gasteiger partial charge in [-0.05, 0) is 24.5 Å². The van der Waals surface area contributed by atoms with Crippen molar-refractivity contribution in [3.63, 3.8) is 0 Å². The molecule has 0 radical (unpaired) electrons. The van der Waals surface area contributed by atoms with Crippen molar-refractivity contribution >= 4 is 17.0 Å². The van der Waals surface area contributed by atoms with E-state index < -0.39 is 0 Å². The fourth-order valence-electron chi connectivity index (χ4n) is 2.06. The molecule has 0 bridgehead atoms.